The molecule has 0 aromatic rings. The van der Waals surface area contributed by atoms with Gasteiger partial charge in [0, 0.05) is 13.3 Å². The van der Waals surface area contributed by atoms with Crippen LogP contribution in [-0.2, 0) is 9.53 Å². The lowest BCUT2D eigenvalue weighted by Crippen LogP contribution is -2.14. The molecule has 0 aromatic heterocycles. The van der Waals surface area contributed by atoms with E-state index in [4.69, 9.17) is 4.74 Å². The van der Waals surface area contributed by atoms with Gasteiger partial charge >= 0.3 is 5.97 Å². The molecule has 0 aliphatic carbocycles. The van der Waals surface area contributed by atoms with E-state index in [1.165, 1.54) is 12.5 Å². The number of carbonyl (C=O) groups is 1. The van der Waals surface area contributed by atoms with Gasteiger partial charge in [0.05, 0.1) is 0 Å². The van der Waals surface area contributed by atoms with Crippen molar-refractivity contribution in [2.75, 3.05) is 0 Å². The standard InChI is InChI=1S/C11H20O2/c1-5-9(3)7-8-11(6-2)13-10(4)12/h7,11H,5-6,8H2,1-4H3/b9-7+/t11-/m1/s1. The molecule has 0 rings (SSSR count). The number of esters is 1. The molecule has 0 amide bonds. The molecule has 1 atom stereocenters. The van der Waals surface area contributed by atoms with E-state index in [9.17, 15) is 4.79 Å². The lowest BCUT2D eigenvalue weighted by Gasteiger charge is -2.12. The van der Waals surface area contributed by atoms with Crippen molar-refractivity contribution in [3.05, 3.63) is 11.6 Å². The van der Waals surface area contributed by atoms with Crippen LogP contribution in [0.4, 0.5) is 0 Å². The first-order valence-corrected chi connectivity index (χ1v) is 4.93. The molecule has 13 heavy (non-hydrogen) atoms. The zero-order chi connectivity index (χ0) is 10.3. The molecule has 0 aliphatic heterocycles. The predicted octanol–water partition coefficient (Wildman–Crippen LogP) is 3.07. The molecule has 0 unspecified atom stereocenters. The van der Waals surface area contributed by atoms with Gasteiger partial charge in [0.25, 0.3) is 0 Å². The Bertz CT molecular complexity index is 183. The van der Waals surface area contributed by atoms with Crippen LogP contribution in [0.15, 0.2) is 11.6 Å². The first-order chi connectivity index (χ1) is 6.10. The number of carbonyl (C=O) groups excluding carboxylic acids is 1. The molecule has 0 saturated heterocycles. The topological polar surface area (TPSA) is 26.3 Å². The van der Waals surface area contributed by atoms with E-state index in [-0.39, 0.29) is 12.1 Å². The highest BCUT2D eigenvalue weighted by Crippen LogP contribution is 2.08. The molecule has 2 heteroatoms. The third-order valence-corrected chi connectivity index (χ3v) is 2.07. The maximum atomic E-state index is 10.7. The Morgan fingerprint density at radius 3 is 2.38 bits per heavy atom. The smallest absolute Gasteiger partial charge is 0.302 e. The molecule has 0 aliphatic rings. The Labute approximate surface area is 81.0 Å². The van der Waals surface area contributed by atoms with Crippen LogP contribution in [0, 0.1) is 0 Å². The average molecular weight is 184 g/mol. The number of hydrogen-bond acceptors (Lipinski definition) is 2. The zero-order valence-corrected chi connectivity index (χ0v) is 9.09. The van der Waals surface area contributed by atoms with Crippen LogP contribution < -0.4 is 0 Å². The van der Waals surface area contributed by atoms with Gasteiger partial charge in [-0.1, -0.05) is 25.5 Å². The monoisotopic (exact) mass is 184 g/mol. The van der Waals surface area contributed by atoms with Crippen molar-refractivity contribution < 1.29 is 9.53 Å². The normalized spacial score (nSPS) is 14.0. The van der Waals surface area contributed by atoms with E-state index in [0.717, 1.165) is 19.3 Å². The summed E-state index contributed by atoms with van der Waals surface area (Å²) in [6.45, 7) is 7.71. The van der Waals surface area contributed by atoms with Crippen molar-refractivity contribution in [1.82, 2.24) is 0 Å². The van der Waals surface area contributed by atoms with Crippen LogP contribution in [0.25, 0.3) is 0 Å². The van der Waals surface area contributed by atoms with Crippen LogP contribution in [0.1, 0.15) is 47.0 Å². The largest absolute Gasteiger partial charge is 0.462 e. The summed E-state index contributed by atoms with van der Waals surface area (Å²) in [5.41, 5.74) is 1.35. The first-order valence-electron chi connectivity index (χ1n) is 4.93. The molecular weight excluding hydrogens is 164 g/mol. The minimum atomic E-state index is -0.186. The lowest BCUT2D eigenvalue weighted by molar-refractivity contribution is -0.146. The third-order valence-electron chi connectivity index (χ3n) is 2.07. The van der Waals surface area contributed by atoms with Crippen LogP contribution in [0.5, 0.6) is 0 Å². The van der Waals surface area contributed by atoms with E-state index >= 15 is 0 Å². The van der Waals surface area contributed by atoms with Gasteiger partial charge in [-0.3, -0.25) is 4.79 Å². The average Bonchev–Trinajstić information content (AvgIpc) is 2.10. The summed E-state index contributed by atoms with van der Waals surface area (Å²) in [7, 11) is 0. The molecule has 2 nitrogen and oxygen atoms in total. The van der Waals surface area contributed by atoms with Gasteiger partial charge in [-0.2, -0.15) is 0 Å². The van der Waals surface area contributed by atoms with Crippen molar-refractivity contribution >= 4 is 5.97 Å². The number of rotatable bonds is 5. The Hall–Kier alpha value is -0.790. The minimum absolute atomic E-state index is 0.0546. The van der Waals surface area contributed by atoms with Crippen LogP contribution in [0.3, 0.4) is 0 Å². The molecule has 0 spiro atoms. The van der Waals surface area contributed by atoms with Gasteiger partial charge < -0.3 is 4.74 Å². The van der Waals surface area contributed by atoms with Crippen molar-refractivity contribution in [2.45, 2.75) is 53.1 Å². The molecule has 0 aromatic carbocycles. The fraction of sp³-hybridized carbons (Fsp3) is 0.727. The Morgan fingerprint density at radius 1 is 1.38 bits per heavy atom. The van der Waals surface area contributed by atoms with Gasteiger partial charge in [-0.15, -0.1) is 0 Å². The van der Waals surface area contributed by atoms with Gasteiger partial charge in [-0.05, 0) is 19.8 Å². The summed E-state index contributed by atoms with van der Waals surface area (Å²) in [6.07, 6.45) is 5.00. The van der Waals surface area contributed by atoms with Gasteiger partial charge in [-0.25, -0.2) is 0 Å². The summed E-state index contributed by atoms with van der Waals surface area (Å²) in [4.78, 5) is 10.7. The fourth-order valence-corrected chi connectivity index (χ4v) is 1.01. The van der Waals surface area contributed by atoms with E-state index < -0.39 is 0 Å². The highest BCUT2D eigenvalue weighted by molar-refractivity contribution is 5.66. The molecule has 76 valence electrons. The van der Waals surface area contributed by atoms with E-state index in [1.54, 1.807) is 0 Å². The van der Waals surface area contributed by atoms with Gasteiger partial charge in [0.15, 0.2) is 0 Å². The van der Waals surface area contributed by atoms with Gasteiger partial charge in [0.1, 0.15) is 6.10 Å². The second-order valence-electron chi connectivity index (χ2n) is 3.28. The van der Waals surface area contributed by atoms with E-state index in [1.807, 2.05) is 6.92 Å². The van der Waals surface area contributed by atoms with Crippen LogP contribution in [0.2, 0.25) is 0 Å². The second-order valence-corrected chi connectivity index (χ2v) is 3.28. The van der Waals surface area contributed by atoms with Gasteiger partial charge in [0.2, 0.25) is 0 Å². The summed E-state index contributed by atoms with van der Waals surface area (Å²) >= 11 is 0. The molecule has 0 fully saturated rings. The Morgan fingerprint density at radius 2 is 2.00 bits per heavy atom. The highest BCUT2D eigenvalue weighted by Gasteiger charge is 2.06. The lowest BCUT2D eigenvalue weighted by atomic mass is 10.1. The van der Waals surface area contributed by atoms with Crippen molar-refractivity contribution in [3.8, 4) is 0 Å². The maximum Gasteiger partial charge on any atom is 0.302 e. The SMILES string of the molecule is CC/C(C)=C/C[C@@H](CC)OC(C)=O. The third kappa shape index (κ3) is 6.38. The molecule has 0 heterocycles. The first kappa shape index (κ1) is 12.2. The van der Waals surface area contributed by atoms with Crippen LogP contribution in [-0.4, -0.2) is 12.1 Å². The summed E-state index contributed by atoms with van der Waals surface area (Å²) in [5.74, 6) is -0.186. The number of allylic oxidation sites excluding steroid dienone is 1. The fourth-order valence-electron chi connectivity index (χ4n) is 1.01. The van der Waals surface area contributed by atoms with Crippen molar-refractivity contribution in [1.29, 1.82) is 0 Å². The predicted molar refractivity (Wildman–Crippen MR) is 54.5 cm³/mol. The van der Waals surface area contributed by atoms with Crippen molar-refractivity contribution in [3.63, 3.8) is 0 Å². The van der Waals surface area contributed by atoms with Crippen molar-refractivity contribution in [2.24, 2.45) is 0 Å². The summed E-state index contributed by atoms with van der Waals surface area (Å²) in [5, 5.41) is 0. The molecule has 0 saturated carbocycles. The Kier molecular flexibility index (Phi) is 6.29. The number of ether oxygens (including phenoxy) is 1. The second kappa shape index (κ2) is 6.70. The number of hydrogen-bond donors (Lipinski definition) is 0. The highest BCUT2D eigenvalue weighted by atomic mass is 16.5. The maximum absolute atomic E-state index is 10.7. The van der Waals surface area contributed by atoms with E-state index in [2.05, 4.69) is 19.9 Å². The molecule has 0 radical (unpaired) electrons. The minimum Gasteiger partial charge on any atom is -0.462 e. The Balaban J connectivity index is 3.91. The summed E-state index contributed by atoms with van der Waals surface area (Å²) in [6, 6.07) is 0. The molecular formula is C11H20O2. The quantitative estimate of drug-likeness (QED) is 0.485. The molecule has 0 bridgehead atoms. The van der Waals surface area contributed by atoms with Crippen LogP contribution >= 0.6 is 0 Å². The molecule has 0 N–H and O–H groups in total. The van der Waals surface area contributed by atoms with E-state index in [0.29, 0.717) is 0 Å². The summed E-state index contributed by atoms with van der Waals surface area (Å²) < 4.78 is 5.11. The zero-order valence-electron chi connectivity index (χ0n) is 9.09.